The highest BCUT2D eigenvalue weighted by Gasteiger charge is 2.22. The second-order valence-corrected chi connectivity index (χ2v) is 5.23. The molecule has 0 spiro atoms. The van der Waals surface area contributed by atoms with Gasteiger partial charge < -0.3 is 9.32 Å². The Balaban J connectivity index is 2.07. The summed E-state index contributed by atoms with van der Waals surface area (Å²) in [6, 6.07) is 5.87. The normalized spacial score (nSPS) is 12.2. The molecule has 2 aromatic heterocycles. The molecule has 106 valence electrons. The van der Waals surface area contributed by atoms with Gasteiger partial charge in [-0.25, -0.2) is 0 Å². The molecule has 0 aliphatic rings. The summed E-state index contributed by atoms with van der Waals surface area (Å²) >= 11 is 0. The monoisotopic (exact) mass is 272 g/mol. The molecule has 0 radical (unpaired) electrons. The minimum atomic E-state index is -0.0901. The van der Waals surface area contributed by atoms with E-state index in [2.05, 4.69) is 4.98 Å². The van der Waals surface area contributed by atoms with E-state index in [0.29, 0.717) is 5.76 Å². The van der Waals surface area contributed by atoms with E-state index in [9.17, 15) is 4.79 Å². The fourth-order valence-corrected chi connectivity index (χ4v) is 2.10. The van der Waals surface area contributed by atoms with Crippen molar-refractivity contribution >= 4 is 5.91 Å². The molecule has 4 heteroatoms. The van der Waals surface area contributed by atoms with Crippen molar-refractivity contribution in [1.29, 1.82) is 0 Å². The fourth-order valence-electron chi connectivity index (χ4n) is 2.10. The van der Waals surface area contributed by atoms with E-state index < -0.39 is 0 Å². The van der Waals surface area contributed by atoms with Crippen LogP contribution in [0.4, 0.5) is 0 Å². The van der Waals surface area contributed by atoms with Crippen molar-refractivity contribution in [1.82, 2.24) is 9.88 Å². The molecule has 1 amide bonds. The smallest absolute Gasteiger partial charge is 0.289 e. The molecule has 20 heavy (non-hydrogen) atoms. The van der Waals surface area contributed by atoms with Gasteiger partial charge in [0.2, 0.25) is 0 Å². The van der Waals surface area contributed by atoms with Crippen molar-refractivity contribution in [2.24, 2.45) is 0 Å². The molecule has 0 N–H and O–H groups in total. The van der Waals surface area contributed by atoms with Gasteiger partial charge in [0.25, 0.3) is 5.91 Å². The SMILES string of the molecule is Cc1ccnc(CC(C)N(C)C(=O)c2occc2C)c1. The Morgan fingerprint density at radius 3 is 2.75 bits per heavy atom. The molecule has 2 heterocycles. The van der Waals surface area contributed by atoms with Crippen LogP contribution in [0.1, 0.15) is 34.3 Å². The number of amides is 1. The Hall–Kier alpha value is -2.10. The van der Waals surface area contributed by atoms with Gasteiger partial charge in [-0.2, -0.15) is 0 Å². The topological polar surface area (TPSA) is 46.3 Å². The van der Waals surface area contributed by atoms with Gasteiger partial charge in [0.1, 0.15) is 0 Å². The van der Waals surface area contributed by atoms with Crippen LogP contribution in [0.3, 0.4) is 0 Å². The highest BCUT2D eigenvalue weighted by Crippen LogP contribution is 2.14. The zero-order valence-corrected chi connectivity index (χ0v) is 12.4. The highest BCUT2D eigenvalue weighted by atomic mass is 16.3. The maximum Gasteiger partial charge on any atom is 0.289 e. The number of carbonyl (C=O) groups is 1. The van der Waals surface area contributed by atoms with Gasteiger partial charge in [-0.1, -0.05) is 0 Å². The first-order valence-corrected chi connectivity index (χ1v) is 6.72. The van der Waals surface area contributed by atoms with Gasteiger partial charge >= 0.3 is 0 Å². The van der Waals surface area contributed by atoms with Crippen LogP contribution in [0.15, 0.2) is 35.1 Å². The van der Waals surface area contributed by atoms with E-state index in [1.54, 1.807) is 30.5 Å². The lowest BCUT2D eigenvalue weighted by atomic mass is 10.1. The molecule has 2 rings (SSSR count). The predicted octanol–water partition coefficient (Wildman–Crippen LogP) is 2.99. The minimum Gasteiger partial charge on any atom is -0.459 e. The molecule has 0 bridgehead atoms. The molecular weight excluding hydrogens is 252 g/mol. The molecule has 0 saturated heterocycles. The molecule has 1 unspecified atom stereocenters. The Bertz CT molecular complexity index is 604. The zero-order valence-electron chi connectivity index (χ0n) is 12.4. The number of aryl methyl sites for hydroxylation is 2. The Morgan fingerprint density at radius 1 is 1.40 bits per heavy atom. The number of furan rings is 1. The number of hydrogen-bond acceptors (Lipinski definition) is 3. The summed E-state index contributed by atoms with van der Waals surface area (Å²) in [4.78, 5) is 18.4. The third-order valence-corrected chi connectivity index (χ3v) is 3.51. The van der Waals surface area contributed by atoms with Gasteiger partial charge in [-0.3, -0.25) is 9.78 Å². The Morgan fingerprint density at radius 2 is 2.15 bits per heavy atom. The summed E-state index contributed by atoms with van der Waals surface area (Å²) in [5.41, 5.74) is 3.04. The minimum absolute atomic E-state index is 0.0568. The number of carbonyl (C=O) groups excluding carboxylic acids is 1. The molecule has 0 fully saturated rings. The third-order valence-electron chi connectivity index (χ3n) is 3.51. The van der Waals surface area contributed by atoms with Crippen LogP contribution in [0, 0.1) is 13.8 Å². The lowest BCUT2D eigenvalue weighted by Gasteiger charge is -2.24. The van der Waals surface area contributed by atoms with Gasteiger partial charge in [0.15, 0.2) is 5.76 Å². The van der Waals surface area contributed by atoms with Gasteiger partial charge in [0.05, 0.1) is 6.26 Å². The predicted molar refractivity (Wildman–Crippen MR) is 77.7 cm³/mol. The largest absolute Gasteiger partial charge is 0.459 e. The molecular formula is C16H20N2O2. The van der Waals surface area contributed by atoms with E-state index >= 15 is 0 Å². The molecule has 0 saturated carbocycles. The first kappa shape index (κ1) is 14.3. The quantitative estimate of drug-likeness (QED) is 0.859. The number of aromatic nitrogens is 1. The van der Waals surface area contributed by atoms with Crippen LogP contribution in [-0.2, 0) is 6.42 Å². The number of hydrogen-bond donors (Lipinski definition) is 0. The summed E-state index contributed by atoms with van der Waals surface area (Å²) in [5.74, 6) is 0.323. The van der Waals surface area contributed by atoms with Crippen molar-refractivity contribution in [3.8, 4) is 0 Å². The average molecular weight is 272 g/mol. The van der Waals surface area contributed by atoms with Crippen LogP contribution in [0.25, 0.3) is 0 Å². The molecule has 0 aliphatic heterocycles. The fraction of sp³-hybridized carbons (Fsp3) is 0.375. The van der Waals surface area contributed by atoms with E-state index in [4.69, 9.17) is 4.42 Å². The van der Waals surface area contributed by atoms with Gasteiger partial charge in [0, 0.05) is 37.0 Å². The molecule has 4 nitrogen and oxygen atoms in total. The lowest BCUT2D eigenvalue weighted by molar-refractivity contribution is 0.0709. The van der Waals surface area contributed by atoms with Crippen LogP contribution in [0.5, 0.6) is 0 Å². The van der Waals surface area contributed by atoms with Crippen LogP contribution in [0.2, 0.25) is 0 Å². The van der Waals surface area contributed by atoms with Crippen LogP contribution >= 0.6 is 0 Å². The Labute approximate surface area is 119 Å². The van der Waals surface area contributed by atoms with E-state index in [-0.39, 0.29) is 11.9 Å². The summed E-state index contributed by atoms with van der Waals surface area (Å²) in [6.45, 7) is 5.93. The van der Waals surface area contributed by atoms with Crippen molar-refractivity contribution in [2.75, 3.05) is 7.05 Å². The Kier molecular flexibility index (Phi) is 4.23. The van der Waals surface area contributed by atoms with Crippen molar-refractivity contribution in [3.63, 3.8) is 0 Å². The molecule has 0 aromatic carbocycles. The summed E-state index contributed by atoms with van der Waals surface area (Å²) in [5, 5.41) is 0. The van der Waals surface area contributed by atoms with E-state index in [1.807, 2.05) is 32.9 Å². The summed E-state index contributed by atoms with van der Waals surface area (Å²) < 4.78 is 5.26. The van der Waals surface area contributed by atoms with Crippen molar-refractivity contribution in [3.05, 3.63) is 53.2 Å². The van der Waals surface area contributed by atoms with E-state index in [1.165, 1.54) is 5.56 Å². The van der Waals surface area contributed by atoms with Crippen LogP contribution in [-0.4, -0.2) is 28.9 Å². The number of likely N-dealkylation sites (N-methyl/N-ethyl adjacent to an activating group) is 1. The second kappa shape index (κ2) is 5.90. The lowest BCUT2D eigenvalue weighted by Crippen LogP contribution is -2.36. The van der Waals surface area contributed by atoms with Gasteiger partial charge in [-0.15, -0.1) is 0 Å². The maximum absolute atomic E-state index is 12.3. The van der Waals surface area contributed by atoms with Crippen molar-refractivity contribution in [2.45, 2.75) is 33.2 Å². The van der Waals surface area contributed by atoms with Crippen LogP contribution < -0.4 is 0 Å². The van der Waals surface area contributed by atoms with Crippen molar-refractivity contribution < 1.29 is 9.21 Å². The zero-order chi connectivity index (χ0) is 14.7. The summed E-state index contributed by atoms with van der Waals surface area (Å²) in [6.07, 6.45) is 4.07. The molecule has 1 atom stereocenters. The second-order valence-electron chi connectivity index (χ2n) is 5.23. The number of pyridine rings is 1. The van der Waals surface area contributed by atoms with Gasteiger partial charge in [-0.05, 0) is 44.5 Å². The average Bonchev–Trinajstić information content (AvgIpc) is 2.83. The standard InChI is InChI=1S/C16H20N2O2/c1-11-5-7-17-14(9-11)10-13(3)18(4)16(19)15-12(2)6-8-20-15/h5-9,13H,10H2,1-4H3. The first-order chi connectivity index (χ1) is 9.49. The summed E-state index contributed by atoms with van der Waals surface area (Å²) in [7, 11) is 1.80. The molecule has 0 aliphatic carbocycles. The highest BCUT2D eigenvalue weighted by molar-refractivity contribution is 5.92. The third kappa shape index (κ3) is 3.07. The van der Waals surface area contributed by atoms with E-state index in [0.717, 1.165) is 17.7 Å². The molecule has 2 aromatic rings. The maximum atomic E-state index is 12.3. The first-order valence-electron chi connectivity index (χ1n) is 6.72. The number of rotatable bonds is 4. The number of nitrogens with zero attached hydrogens (tertiary/aromatic N) is 2.